The van der Waals surface area contributed by atoms with E-state index in [0.29, 0.717) is 52.3 Å². The number of nitrogens with zero attached hydrogens (tertiary/aromatic N) is 7. The molecule has 4 aromatic rings. The molecule has 1 aromatic carbocycles. The van der Waals surface area contributed by atoms with E-state index >= 15 is 0 Å². The van der Waals surface area contributed by atoms with Crippen LogP contribution in [0, 0.1) is 0 Å². The van der Waals surface area contributed by atoms with Gasteiger partial charge in [-0.05, 0) is 36.7 Å². The molecule has 5 rings (SSSR count). The van der Waals surface area contributed by atoms with Crippen LogP contribution in [-0.2, 0) is 23.7 Å². The third kappa shape index (κ3) is 5.83. The number of alkyl halides is 6. The summed E-state index contributed by atoms with van der Waals surface area (Å²) in [6.45, 7) is 0.655. The van der Waals surface area contributed by atoms with Gasteiger partial charge in [0.1, 0.15) is 5.56 Å². The molecule has 0 bridgehead atoms. The lowest BCUT2D eigenvalue weighted by Crippen LogP contribution is -2.50. The van der Waals surface area contributed by atoms with Crippen molar-refractivity contribution in [1.29, 1.82) is 0 Å². The van der Waals surface area contributed by atoms with Crippen molar-refractivity contribution in [3.05, 3.63) is 68.9 Å². The van der Waals surface area contributed by atoms with Gasteiger partial charge in [-0.25, -0.2) is 19.6 Å². The average molecular weight is 705 g/mol. The largest absolute Gasteiger partial charge is 0.423 e. The molecule has 0 spiro atoms. The molecule has 1 aliphatic heterocycles. The Morgan fingerprint density at radius 2 is 1.76 bits per heavy atom. The molecule has 4 heterocycles. The lowest BCUT2D eigenvalue weighted by molar-refractivity contribution is -0.138. The van der Waals surface area contributed by atoms with Gasteiger partial charge in [-0.15, -0.1) is 9.24 Å². The van der Waals surface area contributed by atoms with Crippen LogP contribution in [0.25, 0.3) is 22.3 Å². The maximum atomic E-state index is 13.6. The quantitative estimate of drug-likeness (QED) is 0.124. The molecular formula is C25H22F5IN7O2P. The van der Waals surface area contributed by atoms with Crippen LogP contribution in [0.1, 0.15) is 30.4 Å². The van der Waals surface area contributed by atoms with Crippen molar-refractivity contribution in [2.24, 2.45) is 7.05 Å². The fraction of sp³-hybridized carbons (Fsp3) is 0.360. The van der Waals surface area contributed by atoms with Gasteiger partial charge in [-0.1, -0.05) is 0 Å². The first-order valence-corrected chi connectivity index (χ1v) is 14.0. The number of anilines is 1. The minimum Gasteiger partial charge on any atom is -0.366 e. The second-order valence-electron chi connectivity index (χ2n) is 9.60. The highest BCUT2D eigenvalue weighted by Gasteiger charge is 2.42. The Balaban J connectivity index is 1.31. The van der Waals surface area contributed by atoms with Gasteiger partial charge in [0.25, 0.3) is 11.1 Å². The summed E-state index contributed by atoms with van der Waals surface area (Å²) >= 11 is 0.999. The van der Waals surface area contributed by atoms with Crippen LogP contribution in [0.5, 0.6) is 0 Å². The molecule has 41 heavy (non-hydrogen) atoms. The molecule has 0 N–H and O–H groups in total. The van der Waals surface area contributed by atoms with Gasteiger partial charge in [0.05, 0.1) is 34.7 Å². The van der Waals surface area contributed by atoms with Crippen LogP contribution in [-0.4, -0.2) is 41.9 Å². The Hall–Kier alpha value is -3.07. The average Bonchev–Trinajstić information content (AvgIpc) is 2.88. The smallest absolute Gasteiger partial charge is 0.366 e. The van der Waals surface area contributed by atoms with Crippen molar-refractivity contribution in [2.75, 3.05) is 11.4 Å². The van der Waals surface area contributed by atoms with Crippen molar-refractivity contribution in [2.45, 2.75) is 42.0 Å². The zero-order valence-corrected chi connectivity index (χ0v) is 24.7. The van der Waals surface area contributed by atoms with Gasteiger partial charge in [0.15, 0.2) is 5.82 Å². The van der Waals surface area contributed by atoms with Gasteiger partial charge in [0, 0.05) is 66.7 Å². The summed E-state index contributed by atoms with van der Waals surface area (Å²) in [4.78, 5) is 39.3. The Bertz CT molecular complexity index is 1740. The first kappa shape index (κ1) is 29.4. The molecule has 2 atom stereocenters. The van der Waals surface area contributed by atoms with E-state index in [9.17, 15) is 31.5 Å². The third-order valence-corrected chi connectivity index (χ3v) is 8.11. The van der Waals surface area contributed by atoms with Crippen molar-refractivity contribution in [1.82, 2.24) is 29.3 Å². The molecule has 1 fully saturated rings. The first-order chi connectivity index (χ1) is 19.3. The zero-order chi connectivity index (χ0) is 29.7. The van der Waals surface area contributed by atoms with E-state index < -0.39 is 21.2 Å². The van der Waals surface area contributed by atoms with Crippen LogP contribution in [0.2, 0.25) is 0 Å². The molecule has 0 amide bonds. The van der Waals surface area contributed by atoms with Gasteiger partial charge >= 0.3 is 10.1 Å². The highest BCUT2D eigenvalue weighted by atomic mass is 127. The Labute approximate surface area is 245 Å². The van der Waals surface area contributed by atoms with E-state index in [1.165, 1.54) is 22.8 Å². The van der Waals surface area contributed by atoms with Gasteiger partial charge < -0.3 is 4.90 Å². The minimum absolute atomic E-state index is 0.206. The molecule has 2 unspecified atom stereocenters. The second kappa shape index (κ2) is 11.0. The molecule has 0 aliphatic carbocycles. The predicted octanol–water partition coefficient (Wildman–Crippen LogP) is 4.01. The number of fused-ring (bicyclic) bond motifs is 1. The van der Waals surface area contributed by atoms with Crippen molar-refractivity contribution < 1.29 is 22.0 Å². The van der Waals surface area contributed by atoms with Gasteiger partial charge in [-0.3, -0.25) is 14.2 Å². The zero-order valence-electron chi connectivity index (χ0n) is 21.4. The molecule has 0 saturated carbocycles. The number of benzene rings is 1. The fourth-order valence-electron chi connectivity index (χ4n) is 4.76. The molecular weight excluding hydrogens is 683 g/mol. The van der Waals surface area contributed by atoms with E-state index in [0.717, 1.165) is 41.2 Å². The summed E-state index contributed by atoms with van der Waals surface area (Å²) in [6.07, 6.45) is 1.38. The molecule has 3 aromatic heterocycles. The van der Waals surface area contributed by atoms with Crippen LogP contribution >= 0.6 is 31.8 Å². The Kier molecular flexibility index (Phi) is 7.87. The maximum Gasteiger partial charge on any atom is 0.423 e. The van der Waals surface area contributed by atoms with Crippen molar-refractivity contribution in [3.63, 3.8) is 0 Å². The minimum atomic E-state index is -4.81. The lowest BCUT2D eigenvalue weighted by Gasteiger charge is -2.43. The van der Waals surface area contributed by atoms with Gasteiger partial charge in [0.2, 0.25) is 0 Å². The number of aryl methyl sites for hydroxylation is 2. The Morgan fingerprint density at radius 1 is 1.05 bits per heavy atom. The van der Waals surface area contributed by atoms with E-state index in [1.807, 2.05) is 0 Å². The maximum absolute atomic E-state index is 13.6. The summed E-state index contributed by atoms with van der Waals surface area (Å²) < 4.78 is 66.9. The highest BCUT2D eigenvalue weighted by molar-refractivity contribution is 14.1. The molecule has 0 radical (unpaired) electrons. The first-order valence-electron chi connectivity index (χ1n) is 12.3. The number of aromatic nitrogens is 6. The van der Waals surface area contributed by atoms with Gasteiger partial charge in [-0.2, -0.15) is 27.1 Å². The van der Waals surface area contributed by atoms with E-state index in [4.69, 9.17) is 0 Å². The van der Waals surface area contributed by atoms with Crippen molar-refractivity contribution >= 4 is 53.7 Å². The predicted molar refractivity (Wildman–Crippen MR) is 154 cm³/mol. The summed E-state index contributed by atoms with van der Waals surface area (Å²) in [6, 6.07) is 3.00. The van der Waals surface area contributed by atoms with Crippen LogP contribution in [0.4, 0.5) is 27.6 Å². The van der Waals surface area contributed by atoms with Crippen LogP contribution in [0.3, 0.4) is 0 Å². The van der Waals surface area contributed by atoms with E-state index in [2.05, 4.69) is 29.3 Å². The normalized spacial score (nSPS) is 15.8. The topological polar surface area (TPSA) is 98.8 Å². The van der Waals surface area contributed by atoms with Crippen LogP contribution in [0.15, 0.2) is 46.6 Å². The number of rotatable bonds is 7. The number of hydrogen-bond acceptors (Lipinski definition) is 7. The van der Waals surface area contributed by atoms with E-state index in [-0.39, 0.29) is 35.2 Å². The highest BCUT2D eigenvalue weighted by Crippen LogP contribution is 2.38. The lowest BCUT2D eigenvalue weighted by atomic mass is 9.96. The summed E-state index contributed by atoms with van der Waals surface area (Å²) in [5, 5.41) is 4.69. The standard InChI is InChI=1S/C25H22F5IN7O2P/c1-36-23(40)20(24(26,27)28)18(11-35-36)38-6-4-14(38)3-2-5-37-12-34-17-7-16(19(41)8-15(17)22(37)39)21-32-9-13(10-33-21)25(29,30)31/h7-12,14H,2-6,41H2,1H3. The summed E-state index contributed by atoms with van der Waals surface area (Å²) in [5.41, 5.74) is -2.39. The Morgan fingerprint density at radius 3 is 2.37 bits per heavy atom. The third-order valence-electron chi connectivity index (χ3n) is 7.01. The molecule has 216 valence electrons. The second-order valence-corrected chi connectivity index (χ2v) is 11.6. The SMILES string of the molecule is Cn1ncc(N2CCC2CCCn2cnc3cc(-c4ncc(C(F)(F)I)cn4)c(P)cc3c2=O)c(C(F)(F)F)c1=O. The van der Waals surface area contributed by atoms with Crippen LogP contribution < -0.4 is 21.3 Å². The summed E-state index contributed by atoms with van der Waals surface area (Å²) in [5.74, 6) is 0.206. The molecule has 16 heteroatoms. The summed E-state index contributed by atoms with van der Waals surface area (Å²) in [7, 11) is 3.66. The molecule has 1 saturated heterocycles. The number of hydrogen-bond donors (Lipinski definition) is 0. The van der Waals surface area contributed by atoms with E-state index in [1.54, 1.807) is 12.1 Å². The molecule has 1 aliphatic rings. The number of halogens is 6. The molecule has 9 nitrogen and oxygen atoms in total. The fourth-order valence-corrected chi connectivity index (χ4v) is 5.42. The van der Waals surface area contributed by atoms with Crippen molar-refractivity contribution in [3.8, 4) is 11.4 Å². The monoisotopic (exact) mass is 705 g/mol.